The monoisotopic (exact) mass is 404 g/mol. The number of rotatable bonds is 6. The third kappa shape index (κ3) is 5.39. The second-order valence-corrected chi connectivity index (χ2v) is 9.25. The first-order valence-corrected chi connectivity index (χ1v) is 11.0. The maximum atomic E-state index is 13.0. The molecule has 1 fully saturated rings. The fourth-order valence-corrected chi connectivity index (χ4v) is 4.94. The van der Waals surface area contributed by atoms with Crippen molar-refractivity contribution in [2.24, 2.45) is 5.92 Å². The van der Waals surface area contributed by atoms with Crippen LogP contribution < -0.4 is 5.32 Å². The number of piperidine rings is 1. The van der Waals surface area contributed by atoms with Crippen LogP contribution in [0, 0.1) is 18.7 Å². The van der Waals surface area contributed by atoms with E-state index in [-0.39, 0.29) is 24.1 Å². The highest BCUT2D eigenvalue weighted by atomic mass is 32.2. The van der Waals surface area contributed by atoms with Gasteiger partial charge in [0.2, 0.25) is 15.9 Å². The van der Waals surface area contributed by atoms with Crippen molar-refractivity contribution in [1.82, 2.24) is 9.62 Å². The molecule has 5 nitrogen and oxygen atoms in total. The molecule has 2 aromatic carbocycles. The lowest BCUT2D eigenvalue weighted by Crippen LogP contribution is -2.45. The maximum absolute atomic E-state index is 13.0. The number of nitrogens with one attached hydrogen (secondary N) is 1. The van der Waals surface area contributed by atoms with Crippen LogP contribution in [0.3, 0.4) is 0 Å². The number of hydrogen-bond acceptors (Lipinski definition) is 3. The molecule has 3 rings (SSSR count). The van der Waals surface area contributed by atoms with Crippen LogP contribution in [0.15, 0.2) is 48.5 Å². The first-order chi connectivity index (χ1) is 13.3. The van der Waals surface area contributed by atoms with E-state index in [0.717, 1.165) is 11.1 Å². The molecule has 0 aromatic heterocycles. The third-order valence-electron chi connectivity index (χ3n) is 5.00. The second-order valence-electron chi connectivity index (χ2n) is 7.28. The summed E-state index contributed by atoms with van der Waals surface area (Å²) in [6.45, 7) is 3.03. The minimum Gasteiger partial charge on any atom is -0.352 e. The van der Waals surface area contributed by atoms with Gasteiger partial charge in [0, 0.05) is 19.6 Å². The molecule has 0 unspecified atom stereocenters. The molecule has 1 heterocycles. The van der Waals surface area contributed by atoms with E-state index in [9.17, 15) is 17.6 Å². The van der Waals surface area contributed by atoms with Crippen LogP contribution in [-0.4, -0.2) is 31.7 Å². The highest BCUT2D eigenvalue weighted by Gasteiger charge is 2.32. The Bertz CT molecular complexity index is 912. The number of benzene rings is 2. The molecule has 0 bridgehead atoms. The van der Waals surface area contributed by atoms with Gasteiger partial charge in [-0.25, -0.2) is 17.1 Å². The fourth-order valence-electron chi connectivity index (χ4n) is 3.33. The van der Waals surface area contributed by atoms with E-state index in [1.807, 2.05) is 31.2 Å². The van der Waals surface area contributed by atoms with Gasteiger partial charge in [-0.05, 0) is 43.0 Å². The number of halogens is 1. The number of carbonyl (C=O) groups is 1. The van der Waals surface area contributed by atoms with Crippen LogP contribution in [0.4, 0.5) is 4.39 Å². The van der Waals surface area contributed by atoms with Gasteiger partial charge in [0.05, 0.1) is 11.7 Å². The normalized spacial score (nSPS) is 18.0. The molecule has 1 aliphatic heterocycles. The van der Waals surface area contributed by atoms with Gasteiger partial charge in [-0.3, -0.25) is 4.79 Å². The largest absolute Gasteiger partial charge is 0.352 e. The van der Waals surface area contributed by atoms with Crippen molar-refractivity contribution in [3.05, 3.63) is 71.0 Å². The van der Waals surface area contributed by atoms with Crippen molar-refractivity contribution in [1.29, 1.82) is 0 Å². The summed E-state index contributed by atoms with van der Waals surface area (Å²) >= 11 is 0. The highest BCUT2D eigenvalue weighted by Crippen LogP contribution is 2.22. The molecule has 1 amide bonds. The van der Waals surface area contributed by atoms with Crippen LogP contribution in [-0.2, 0) is 27.1 Å². The molecule has 2 aromatic rings. The van der Waals surface area contributed by atoms with Crippen LogP contribution in [0.25, 0.3) is 0 Å². The van der Waals surface area contributed by atoms with Gasteiger partial charge in [-0.1, -0.05) is 42.0 Å². The van der Waals surface area contributed by atoms with Gasteiger partial charge in [0.25, 0.3) is 0 Å². The van der Waals surface area contributed by atoms with Crippen LogP contribution in [0.1, 0.15) is 29.5 Å². The lowest BCUT2D eigenvalue weighted by atomic mass is 9.98. The van der Waals surface area contributed by atoms with Gasteiger partial charge >= 0.3 is 0 Å². The van der Waals surface area contributed by atoms with E-state index >= 15 is 0 Å². The van der Waals surface area contributed by atoms with Gasteiger partial charge < -0.3 is 5.32 Å². The summed E-state index contributed by atoms with van der Waals surface area (Å²) in [5, 5.41) is 2.91. The molecule has 150 valence electrons. The Labute approximate surface area is 165 Å². The molecule has 1 atom stereocenters. The van der Waals surface area contributed by atoms with E-state index in [2.05, 4.69) is 5.32 Å². The Hall–Kier alpha value is -2.25. The van der Waals surface area contributed by atoms with Gasteiger partial charge in [-0.15, -0.1) is 0 Å². The molecule has 0 aliphatic carbocycles. The number of nitrogens with zero attached hydrogens (tertiary/aromatic N) is 1. The Kier molecular flexibility index (Phi) is 6.46. The smallest absolute Gasteiger partial charge is 0.224 e. The summed E-state index contributed by atoms with van der Waals surface area (Å²) in [6.07, 6.45) is 1.31. The highest BCUT2D eigenvalue weighted by molar-refractivity contribution is 7.88. The molecule has 0 spiro atoms. The summed E-state index contributed by atoms with van der Waals surface area (Å²) in [4.78, 5) is 12.5. The zero-order valence-corrected chi connectivity index (χ0v) is 16.7. The zero-order valence-electron chi connectivity index (χ0n) is 15.9. The van der Waals surface area contributed by atoms with E-state index in [1.54, 1.807) is 0 Å². The van der Waals surface area contributed by atoms with Crippen molar-refractivity contribution >= 4 is 15.9 Å². The van der Waals surface area contributed by atoms with Gasteiger partial charge in [-0.2, -0.15) is 0 Å². The van der Waals surface area contributed by atoms with Gasteiger partial charge in [0.1, 0.15) is 5.82 Å². The van der Waals surface area contributed by atoms with E-state index < -0.39 is 15.8 Å². The number of sulfonamides is 1. The minimum atomic E-state index is -3.56. The molecule has 7 heteroatoms. The Morgan fingerprint density at radius 1 is 1.11 bits per heavy atom. The molecule has 1 aliphatic rings. The topological polar surface area (TPSA) is 66.5 Å². The fraction of sp³-hybridized carbons (Fsp3) is 0.381. The second kappa shape index (κ2) is 8.84. The van der Waals surface area contributed by atoms with Crippen molar-refractivity contribution in [3.8, 4) is 0 Å². The molecule has 1 saturated heterocycles. The summed E-state index contributed by atoms with van der Waals surface area (Å²) in [6, 6.07) is 13.4. The Morgan fingerprint density at radius 3 is 2.43 bits per heavy atom. The molecular formula is C21H25FN2O3S. The Morgan fingerprint density at radius 2 is 1.75 bits per heavy atom. The van der Waals surface area contributed by atoms with Crippen molar-refractivity contribution in [3.63, 3.8) is 0 Å². The van der Waals surface area contributed by atoms with Crippen LogP contribution in [0.2, 0.25) is 0 Å². The molecule has 28 heavy (non-hydrogen) atoms. The molecule has 0 radical (unpaired) electrons. The SMILES string of the molecule is Cc1ccc(CNC(=O)[C@@H]2CCCN(S(=O)(=O)Cc3ccc(F)cc3)C2)cc1. The predicted molar refractivity (Wildman–Crippen MR) is 106 cm³/mol. The molecule has 1 N–H and O–H groups in total. The average molecular weight is 405 g/mol. The lowest BCUT2D eigenvalue weighted by molar-refractivity contribution is -0.126. The average Bonchev–Trinajstić information content (AvgIpc) is 2.69. The van der Waals surface area contributed by atoms with E-state index in [1.165, 1.54) is 28.6 Å². The third-order valence-corrected chi connectivity index (χ3v) is 6.81. The number of aryl methyl sites for hydroxylation is 1. The lowest BCUT2D eigenvalue weighted by Gasteiger charge is -2.31. The number of carbonyl (C=O) groups excluding carboxylic acids is 1. The quantitative estimate of drug-likeness (QED) is 0.805. The Balaban J connectivity index is 1.58. The first-order valence-electron chi connectivity index (χ1n) is 9.39. The predicted octanol–water partition coefficient (Wildman–Crippen LogP) is 2.99. The first kappa shape index (κ1) is 20.5. The van der Waals surface area contributed by atoms with Crippen LogP contribution in [0.5, 0.6) is 0 Å². The van der Waals surface area contributed by atoms with E-state index in [4.69, 9.17) is 0 Å². The molecular weight excluding hydrogens is 379 g/mol. The summed E-state index contributed by atoms with van der Waals surface area (Å²) in [5.41, 5.74) is 2.70. The number of amides is 1. The van der Waals surface area contributed by atoms with Crippen molar-refractivity contribution < 1.29 is 17.6 Å². The molecule has 0 saturated carbocycles. The minimum absolute atomic E-state index is 0.123. The van der Waals surface area contributed by atoms with Crippen molar-refractivity contribution in [2.45, 2.75) is 32.1 Å². The van der Waals surface area contributed by atoms with E-state index in [0.29, 0.717) is 31.5 Å². The maximum Gasteiger partial charge on any atom is 0.224 e. The van der Waals surface area contributed by atoms with Crippen molar-refractivity contribution in [2.75, 3.05) is 13.1 Å². The zero-order chi connectivity index (χ0) is 20.1. The van der Waals surface area contributed by atoms with Crippen LogP contribution >= 0.6 is 0 Å². The number of hydrogen-bond donors (Lipinski definition) is 1. The summed E-state index contributed by atoms with van der Waals surface area (Å²) in [5.74, 6) is -1.07. The summed E-state index contributed by atoms with van der Waals surface area (Å²) < 4.78 is 39.8. The standard InChI is InChI=1S/C21H25FN2O3S/c1-16-4-6-17(7-5-16)13-23-21(25)19-3-2-12-24(14-19)28(26,27)15-18-8-10-20(22)11-9-18/h4-11,19H,2-3,12-15H2,1H3,(H,23,25)/t19-/m1/s1. The summed E-state index contributed by atoms with van der Waals surface area (Å²) in [7, 11) is -3.56. The van der Waals surface area contributed by atoms with Gasteiger partial charge in [0.15, 0.2) is 0 Å².